The van der Waals surface area contributed by atoms with Gasteiger partial charge in [-0.25, -0.2) is 22.9 Å². The van der Waals surface area contributed by atoms with E-state index < -0.39 is 17.8 Å². The summed E-state index contributed by atoms with van der Waals surface area (Å²) in [6, 6.07) is 8.52. The van der Waals surface area contributed by atoms with Crippen LogP contribution in [0.1, 0.15) is 6.42 Å². The van der Waals surface area contributed by atoms with E-state index in [0.717, 1.165) is 16.8 Å². The summed E-state index contributed by atoms with van der Waals surface area (Å²) < 4.78 is 40.5. The number of urea groups is 1. The number of fused-ring (bicyclic) bond motifs is 1. The van der Waals surface area contributed by atoms with Gasteiger partial charge in [0.25, 0.3) is 0 Å². The van der Waals surface area contributed by atoms with E-state index in [1.54, 1.807) is 18.2 Å². The summed E-state index contributed by atoms with van der Waals surface area (Å²) in [5, 5.41) is 3.31. The van der Waals surface area contributed by atoms with Crippen LogP contribution in [0.2, 0.25) is 0 Å². The number of aromatic nitrogens is 1. The number of hydrogen-bond acceptors (Lipinski definition) is 3. The van der Waals surface area contributed by atoms with Gasteiger partial charge in [-0.15, -0.1) is 11.3 Å². The molecule has 1 fully saturated rings. The first-order valence-electron chi connectivity index (χ1n) is 8.05. The first-order valence-corrected chi connectivity index (χ1v) is 8.87. The molecule has 4 nitrogen and oxygen atoms in total. The highest BCUT2D eigenvalue weighted by atomic mass is 32.1. The van der Waals surface area contributed by atoms with Crippen LogP contribution in [0.25, 0.3) is 20.8 Å². The predicted octanol–water partition coefficient (Wildman–Crippen LogP) is 4.82. The van der Waals surface area contributed by atoms with E-state index in [1.165, 1.54) is 22.3 Å². The average Bonchev–Trinajstić information content (AvgIpc) is 3.23. The van der Waals surface area contributed by atoms with Crippen LogP contribution in [-0.2, 0) is 0 Å². The largest absolute Gasteiger partial charge is 0.322 e. The number of carbonyl (C=O) groups excluding carboxylic acids is 1. The maximum Gasteiger partial charge on any atom is 0.321 e. The number of nitrogens with zero attached hydrogens (tertiary/aromatic N) is 2. The predicted molar refractivity (Wildman–Crippen MR) is 95.1 cm³/mol. The first-order chi connectivity index (χ1) is 12.5. The number of amides is 2. The molecule has 0 aliphatic carbocycles. The lowest BCUT2D eigenvalue weighted by Crippen LogP contribution is -2.33. The van der Waals surface area contributed by atoms with Crippen LogP contribution in [0, 0.1) is 11.6 Å². The molecule has 0 saturated carbocycles. The molecule has 1 unspecified atom stereocenters. The summed E-state index contributed by atoms with van der Waals surface area (Å²) in [7, 11) is 0. The molecule has 1 atom stereocenters. The van der Waals surface area contributed by atoms with Crippen molar-refractivity contribution in [2.24, 2.45) is 0 Å². The van der Waals surface area contributed by atoms with Crippen molar-refractivity contribution in [1.82, 2.24) is 9.88 Å². The number of anilines is 1. The molecule has 2 heterocycles. The normalized spacial score (nSPS) is 17.0. The van der Waals surface area contributed by atoms with Crippen LogP contribution in [0.4, 0.5) is 23.7 Å². The van der Waals surface area contributed by atoms with Crippen molar-refractivity contribution >= 4 is 33.3 Å². The van der Waals surface area contributed by atoms with Crippen molar-refractivity contribution in [3.63, 3.8) is 0 Å². The molecule has 1 aliphatic rings. The zero-order chi connectivity index (χ0) is 18.3. The molecule has 0 spiro atoms. The number of rotatable bonds is 2. The molecule has 1 N–H and O–H groups in total. The van der Waals surface area contributed by atoms with Gasteiger partial charge >= 0.3 is 6.03 Å². The second-order valence-electron chi connectivity index (χ2n) is 6.09. The number of thiazole rings is 1. The van der Waals surface area contributed by atoms with Crippen molar-refractivity contribution in [2.75, 3.05) is 18.4 Å². The Morgan fingerprint density at radius 3 is 2.77 bits per heavy atom. The molecular weight excluding hydrogens is 363 g/mol. The Hall–Kier alpha value is -2.61. The third-order valence-electron chi connectivity index (χ3n) is 4.22. The highest BCUT2D eigenvalue weighted by Gasteiger charge is 2.25. The topological polar surface area (TPSA) is 45.2 Å². The van der Waals surface area contributed by atoms with Gasteiger partial charge in [0, 0.05) is 17.8 Å². The molecule has 3 aromatic rings. The van der Waals surface area contributed by atoms with Crippen LogP contribution in [0.5, 0.6) is 0 Å². The van der Waals surface area contributed by atoms with Crippen molar-refractivity contribution in [3.05, 3.63) is 48.0 Å². The van der Waals surface area contributed by atoms with E-state index in [-0.39, 0.29) is 12.6 Å². The summed E-state index contributed by atoms with van der Waals surface area (Å²) in [4.78, 5) is 18.0. The molecule has 8 heteroatoms. The van der Waals surface area contributed by atoms with Crippen LogP contribution in [-0.4, -0.2) is 35.2 Å². The number of benzene rings is 2. The quantitative estimate of drug-likeness (QED) is 0.696. The van der Waals surface area contributed by atoms with Gasteiger partial charge in [-0.05, 0) is 42.8 Å². The van der Waals surface area contributed by atoms with Gasteiger partial charge in [-0.3, -0.25) is 0 Å². The summed E-state index contributed by atoms with van der Waals surface area (Å²) >= 11 is 1.31. The Labute approximate surface area is 151 Å². The van der Waals surface area contributed by atoms with Gasteiger partial charge in [0.2, 0.25) is 0 Å². The standard InChI is InChI=1S/C18H14F3N3OS/c19-11-5-6-24(9-11)18(25)22-12-2-4-15-16(8-12)26-17(23-15)10-1-3-13(20)14(21)7-10/h1-4,7-8,11H,5-6,9H2,(H,22,25). The zero-order valence-electron chi connectivity index (χ0n) is 13.5. The van der Waals surface area contributed by atoms with Gasteiger partial charge in [0.1, 0.15) is 11.2 Å². The van der Waals surface area contributed by atoms with Crippen LogP contribution >= 0.6 is 11.3 Å². The second-order valence-corrected chi connectivity index (χ2v) is 7.12. The van der Waals surface area contributed by atoms with Crippen LogP contribution in [0.15, 0.2) is 36.4 Å². The fourth-order valence-electron chi connectivity index (χ4n) is 2.86. The molecule has 1 saturated heterocycles. The fraction of sp³-hybridized carbons (Fsp3) is 0.222. The average molecular weight is 377 g/mol. The van der Waals surface area contributed by atoms with E-state index in [4.69, 9.17) is 0 Å². The summed E-state index contributed by atoms with van der Waals surface area (Å²) in [5.41, 5.74) is 1.75. The molecule has 2 amide bonds. The van der Waals surface area contributed by atoms with Crippen molar-refractivity contribution in [3.8, 4) is 10.6 Å². The number of nitrogens with one attached hydrogen (secondary N) is 1. The molecule has 2 aromatic carbocycles. The lowest BCUT2D eigenvalue weighted by Gasteiger charge is -2.16. The summed E-state index contributed by atoms with van der Waals surface area (Å²) in [6.07, 6.45) is -0.609. The van der Waals surface area contributed by atoms with Crippen molar-refractivity contribution in [1.29, 1.82) is 0 Å². The maximum atomic E-state index is 13.4. The second kappa shape index (κ2) is 6.60. The van der Waals surface area contributed by atoms with Gasteiger partial charge in [-0.1, -0.05) is 0 Å². The Morgan fingerprint density at radius 2 is 2.04 bits per heavy atom. The molecule has 26 heavy (non-hydrogen) atoms. The Bertz CT molecular complexity index is 991. The molecule has 134 valence electrons. The number of likely N-dealkylation sites (tertiary alicyclic amines) is 1. The minimum absolute atomic E-state index is 0.106. The van der Waals surface area contributed by atoms with E-state index in [2.05, 4.69) is 10.3 Å². The molecule has 1 aliphatic heterocycles. The fourth-order valence-corrected chi connectivity index (χ4v) is 3.86. The van der Waals surface area contributed by atoms with Crippen molar-refractivity contribution in [2.45, 2.75) is 12.6 Å². The van der Waals surface area contributed by atoms with Gasteiger partial charge in [0.15, 0.2) is 11.6 Å². The third-order valence-corrected chi connectivity index (χ3v) is 5.29. The summed E-state index contributed by atoms with van der Waals surface area (Å²) in [5.74, 6) is -1.83. The smallest absolute Gasteiger partial charge is 0.321 e. The number of carbonyl (C=O) groups is 1. The third kappa shape index (κ3) is 3.24. The maximum absolute atomic E-state index is 13.4. The Balaban J connectivity index is 1.57. The Morgan fingerprint density at radius 1 is 1.19 bits per heavy atom. The number of halogens is 3. The van der Waals surface area contributed by atoms with E-state index in [1.807, 2.05) is 0 Å². The van der Waals surface area contributed by atoms with Crippen molar-refractivity contribution < 1.29 is 18.0 Å². The van der Waals surface area contributed by atoms with E-state index in [0.29, 0.717) is 34.7 Å². The van der Waals surface area contributed by atoms with Crippen LogP contribution < -0.4 is 5.32 Å². The van der Waals surface area contributed by atoms with Gasteiger partial charge < -0.3 is 10.2 Å². The van der Waals surface area contributed by atoms with Gasteiger partial charge in [0.05, 0.1) is 16.8 Å². The molecule has 0 bridgehead atoms. The zero-order valence-corrected chi connectivity index (χ0v) is 14.3. The van der Waals surface area contributed by atoms with E-state index in [9.17, 15) is 18.0 Å². The highest BCUT2D eigenvalue weighted by Crippen LogP contribution is 2.32. The van der Waals surface area contributed by atoms with Crippen LogP contribution in [0.3, 0.4) is 0 Å². The van der Waals surface area contributed by atoms with E-state index >= 15 is 0 Å². The lowest BCUT2D eigenvalue weighted by atomic mass is 10.2. The van der Waals surface area contributed by atoms with Gasteiger partial charge in [-0.2, -0.15) is 0 Å². The lowest BCUT2D eigenvalue weighted by molar-refractivity contribution is 0.218. The monoisotopic (exact) mass is 377 g/mol. The number of hydrogen-bond donors (Lipinski definition) is 1. The molecule has 0 radical (unpaired) electrons. The first kappa shape index (κ1) is 16.8. The number of alkyl halides is 1. The molecular formula is C18H14F3N3OS. The summed E-state index contributed by atoms with van der Waals surface area (Å²) in [6.45, 7) is 0.505. The molecule has 1 aromatic heterocycles. The Kier molecular flexibility index (Phi) is 4.28. The highest BCUT2D eigenvalue weighted by molar-refractivity contribution is 7.21. The molecule has 4 rings (SSSR count). The minimum atomic E-state index is -0.969. The SMILES string of the molecule is O=C(Nc1ccc2nc(-c3ccc(F)c(F)c3)sc2c1)N1CCC(F)C1. The minimum Gasteiger partial charge on any atom is -0.322 e.